The fourth-order valence-corrected chi connectivity index (χ4v) is 1.58. The maximum Gasteiger partial charge on any atom is 0.160 e. The number of rotatable bonds is 12. The highest BCUT2D eigenvalue weighted by Gasteiger charge is 2.06. The minimum absolute atomic E-state index is 0.00916. The van der Waals surface area contributed by atoms with Gasteiger partial charge in [0.05, 0.1) is 6.10 Å². The highest BCUT2D eigenvalue weighted by molar-refractivity contribution is 5.64. The summed E-state index contributed by atoms with van der Waals surface area (Å²) in [7, 11) is 0. The Balaban J connectivity index is 4.18. The van der Waals surface area contributed by atoms with Crippen LogP contribution in [0.5, 0.6) is 0 Å². The monoisotopic (exact) mass is 270 g/mol. The summed E-state index contributed by atoms with van der Waals surface area (Å²) in [6.45, 7) is 7.76. The number of carbonyl (C=O) groups is 1. The van der Waals surface area contributed by atoms with E-state index in [0.29, 0.717) is 32.7 Å². The van der Waals surface area contributed by atoms with Gasteiger partial charge in [-0.3, -0.25) is 4.79 Å². The van der Waals surface area contributed by atoms with Gasteiger partial charge in [-0.2, -0.15) is 0 Å². The Morgan fingerprint density at radius 1 is 0.895 bits per heavy atom. The predicted molar refractivity (Wildman–Crippen MR) is 76.0 cm³/mol. The van der Waals surface area contributed by atoms with E-state index in [1.54, 1.807) is 6.08 Å². The summed E-state index contributed by atoms with van der Waals surface area (Å²) in [5, 5.41) is 0. The third kappa shape index (κ3) is 10.6. The van der Waals surface area contributed by atoms with Crippen LogP contribution in [0.2, 0.25) is 0 Å². The molecule has 0 bridgehead atoms. The summed E-state index contributed by atoms with van der Waals surface area (Å²) >= 11 is 0. The standard InChI is InChI=1S/C15H26O4/c1-4-17-14(10-7-8-13-16)11-9-12-15(18-5-2)19-6-3/h7-9,11,13-15H,4-6,10,12H2,1-3H3. The van der Waals surface area contributed by atoms with Crippen molar-refractivity contribution in [2.75, 3.05) is 19.8 Å². The SMILES string of the molecule is CCOC(C=CCC(OCC)OCC)CC=CC=O. The van der Waals surface area contributed by atoms with Gasteiger partial charge in [-0.25, -0.2) is 0 Å². The Kier molecular flexibility index (Phi) is 12.8. The minimum Gasteiger partial charge on any atom is -0.374 e. The van der Waals surface area contributed by atoms with E-state index in [1.807, 2.05) is 32.9 Å². The molecule has 19 heavy (non-hydrogen) atoms. The molecule has 0 radical (unpaired) electrons. The molecule has 0 N–H and O–H groups in total. The van der Waals surface area contributed by atoms with E-state index in [4.69, 9.17) is 14.2 Å². The molecule has 0 aromatic carbocycles. The lowest BCUT2D eigenvalue weighted by Crippen LogP contribution is -2.16. The summed E-state index contributed by atoms with van der Waals surface area (Å²) < 4.78 is 16.5. The summed E-state index contributed by atoms with van der Waals surface area (Å²) in [4.78, 5) is 10.2. The largest absolute Gasteiger partial charge is 0.374 e. The molecule has 0 fully saturated rings. The van der Waals surface area contributed by atoms with E-state index in [2.05, 4.69) is 0 Å². The normalized spacial score (nSPS) is 13.7. The second-order valence-corrected chi connectivity index (χ2v) is 3.80. The third-order valence-corrected chi connectivity index (χ3v) is 2.35. The predicted octanol–water partition coefficient (Wildman–Crippen LogP) is 2.88. The molecule has 110 valence electrons. The fourth-order valence-electron chi connectivity index (χ4n) is 1.58. The molecule has 0 rings (SSSR count). The second kappa shape index (κ2) is 13.5. The van der Waals surface area contributed by atoms with Gasteiger partial charge in [-0.1, -0.05) is 18.2 Å². The van der Waals surface area contributed by atoms with Gasteiger partial charge in [0.2, 0.25) is 0 Å². The van der Waals surface area contributed by atoms with Gasteiger partial charge in [0.15, 0.2) is 6.29 Å². The van der Waals surface area contributed by atoms with Crippen LogP contribution in [-0.2, 0) is 19.0 Å². The van der Waals surface area contributed by atoms with E-state index in [0.717, 1.165) is 6.29 Å². The molecule has 0 saturated carbocycles. The van der Waals surface area contributed by atoms with Crippen molar-refractivity contribution in [2.24, 2.45) is 0 Å². The van der Waals surface area contributed by atoms with Crippen molar-refractivity contribution in [3.63, 3.8) is 0 Å². The fraction of sp³-hybridized carbons (Fsp3) is 0.667. The van der Waals surface area contributed by atoms with Gasteiger partial charge in [0.1, 0.15) is 6.29 Å². The Labute approximate surface area is 116 Å². The van der Waals surface area contributed by atoms with Crippen molar-refractivity contribution in [1.82, 2.24) is 0 Å². The lowest BCUT2D eigenvalue weighted by Gasteiger charge is -2.15. The van der Waals surface area contributed by atoms with Crippen LogP contribution >= 0.6 is 0 Å². The van der Waals surface area contributed by atoms with Crippen LogP contribution in [0.1, 0.15) is 33.6 Å². The molecule has 0 aromatic rings. The Morgan fingerprint density at radius 2 is 1.53 bits per heavy atom. The summed E-state index contributed by atoms with van der Waals surface area (Å²) in [6, 6.07) is 0. The number of aldehydes is 1. The molecule has 0 aliphatic carbocycles. The average molecular weight is 270 g/mol. The van der Waals surface area contributed by atoms with Crippen LogP contribution in [0, 0.1) is 0 Å². The van der Waals surface area contributed by atoms with Crippen LogP contribution in [0.4, 0.5) is 0 Å². The van der Waals surface area contributed by atoms with E-state index in [9.17, 15) is 4.79 Å². The van der Waals surface area contributed by atoms with Crippen LogP contribution in [0.25, 0.3) is 0 Å². The van der Waals surface area contributed by atoms with Gasteiger partial charge < -0.3 is 14.2 Å². The lowest BCUT2D eigenvalue weighted by atomic mass is 10.2. The van der Waals surface area contributed by atoms with Gasteiger partial charge >= 0.3 is 0 Å². The highest BCUT2D eigenvalue weighted by Crippen LogP contribution is 2.06. The zero-order chi connectivity index (χ0) is 14.3. The van der Waals surface area contributed by atoms with Crippen molar-refractivity contribution in [3.05, 3.63) is 24.3 Å². The average Bonchev–Trinajstić information content (AvgIpc) is 2.39. The molecule has 4 nitrogen and oxygen atoms in total. The topological polar surface area (TPSA) is 44.8 Å². The number of carbonyl (C=O) groups excluding carboxylic acids is 1. The van der Waals surface area contributed by atoms with Gasteiger partial charge in [-0.05, 0) is 33.3 Å². The summed E-state index contributed by atoms with van der Waals surface area (Å²) in [6.07, 6.45) is 9.24. The summed E-state index contributed by atoms with van der Waals surface area (Å²) in [5.41, 5.74) is 0. The van der Waals surface area contributed by atoms with Crippen molar-refractivity contribution >= 4 is 6.29 Å². The lowest BCUT2D eigenvalue weighted by molar-refractivity contribution is -0.133. The number of hydrogen-bond acceptors (Lipinski definition) is 4. The number of hydrogen-bond donors (Lipinski definition) is 0. The number of ether oxygens (including phenoxy) is 3. The Bertz CT molecular complexity index is 255. The second-order valence-electron chi connectivity index (χ2n) is 3.80. The third-order valence-electron chi connectivity index (χ3n) is 2.35. The van der Waals surface area contributed by atoms with Crippen LogP contribution < -0.4 is 0 Å². The van der Waals surface area contributed by atoms with Gasteiger partial charge in [0, 0.05) is 26.2 Å². The smallest absolute Gasteiger partial charge is 0.160 e. The van der Waals surface area contributed by atoms with Crippen LogP contribution in [0.15, 0.2) is 24.3 Å². The first kappa shape index (κ1) is 18.0. The Morgan fingerprint density at radius 3 is 2.05 bits per heavy atom. The number of allylic oxidation sites excluding steroid dienone is 1. The molecule has 0 amide bonds. The van der Waals surface area contributed by atoms with Crippen molar-refractivity contribution in [1.29, 1.82) is 0 Å². The maximum absolute atomic E-state index is 10.2. The first-order valence-electron chi connectivity index (χ1n) is 6.90. The van der Waals surface area contributed by atoms with Crippen LogP contribution in [-0.4, -0.2) is 38.5 Å². The molecule has 0 spiro atoms. The molecule has 0 saturated heterocycles. The van der Waals surface area contributed by atoms with E-state index in [-0.39, 0.29) is 12.4 Å². The molecule has 0 aromatic heterocycles. The Hall–Kier alpha value is -0.970. The van der Waals surface area contributed by atoms with Crippen molar-refractivity contribution < 1.29 is 19.0 Å². The molecular weight excluding hydrogens is 244 g/mol. The zero-order valence-electron chi connectivity index (χ0n) is 12.2. The first-order valence-corrected chi connectivity index (χ1v) is 6.90. The van der Waals surface area contributed by atoms with Crippen molar-refractivity contribution in [3.8, 4) is 0 Å². The molecule has 0 aliphatic heterocycles. The van der Waals surface area contributed by atoms with Gasteiger partial charge in [0.25, 0.3) is 0 Å². The zero-order valence-corrected chi connectivity index (χ0v) is 12.2. The van der Waals surface area contributed by atoms with E-state index >= 15 is 0 Å². The van der Waals surface area contributed by atoms with E-state index in [1.165, 1.54) is 6.08 Å². The molecule has 0 aliphatic rings. The molecule has 4 heteroatoms. The molecule has 0 heterocycles. The maximum atomic E-state index is 10.2. The van der Waals surface area contributed by atoms with Crippen LogP contribution in [0.3, 0.4) is 0 Å². The quantitative estimate of drug-likeness (QED) is 0.237. The molecular formula is C15H26O4. The molecule has 1 unspecified atom stereocenters. The summed E-state index contributed by atoms with van der Waals surface area (Å²) in [5.74, 6) is 0. The van der Waals surface area contributed by atoms with Gasteiger partial charge in [-0.15, -0.1) is 0 Å². The molecule has 1 atom stereocenters. The van der Waals surface area contributed by atoms with Crippen molar-refractivity contribution in [2.45, 2.75) is 46.0 Å². The first-order chi connectivity index (χ1) is 9.28. The minimum atomic E-state index is -0.195. The van der Waals surface area contributed by atoms with E-state index < -0.39 is 0 Å². The highest BCUT2D eigenvalue weighted by atomic mass is 16.7.